The van der Waals surface area contributed by atoms with Gasteiger partial charge in [0.15, 0.2) is 0 Å². The quantitative estimate of drug-likeness (QED) is 0.782. The van der Waals surface area contributed by atoms with Gasteiger partial charge in [-0.3, -0.25) is 10.2 Å². The highest BCUT2D eigenvalue weighted by Gasteiger charge is 2.34. The fraction of sp³-hybridized carbons (Fsp3) is 0.632. The van der Waals surface area contributed by atoms with E-state index in [0.717, 1.165) is 18.7 Å². The van der Waals surface area contributed by atoms with E-state index >= 15 is 0 Å². The smallest absolute Gasteiger partial charge is 0.327 e. The van der Waals surface area contributed by atoms with Gasteiger partial charge >= 0.3 is 5.97 Å². The number of hydrogen-bond acceptors (Lipinski definition) is 5. The van der Waals surface area contributed by atoms with E-state index in [-0.39, 0.29) is 23.7 Å². The van der Waals surface area contributed by atoms with Gasteiger partial charge in [-0.1, -0.05) is 29.8 Å². The largest absolute Gasteiger partial charge is 0.468 e. The van der Waals surface area contributed by atoms with Crippen molar-refractivity contribution in [3.63, 3.8) is 0 Å². The van der Waals surface area contributed by atoms with Gasteiger partial charge in [0, 0.05) is 30.2 Å². The Kier molecular flexibility index (Phi) is 6.86. The van der Waals surface area contributed by atoms with E-state index in [9.17, 15) is 4.79 Å². The first kappa shape index (κ1) is 20.2. The van der Waals surface area contributed by atoms with E-state index in [1.165, 1.54) is 7.11 Å². The summed E-state index contributed by atoms with van der Waals surface area (Å²) in [6.07, 6.45) is 0.394. The molecule has 3 atom stereocenters. The molecule has 1 fully saturated rings. The van der Waals surface area contributed by atoms with E-state index in [4.69, 9.17) is 21.1 Å². The number of benzene rings is 1. The van der Waals surface area contributed by atoms with Crippen LogP contribution in [0.1, 0.15) is 39.3 Å². The first-order valence-corrected chi connectivity index (χ1v) is 9.08. The third-order valence-electron chi connectivity index (χ3n) is 4.67. The molecule has 1 aromatic rings. The van der Waals surface area contributed by atoms with E-state index in [2.05, 4.69) is 37.9 Å². The number of hydrogen-bond donors (Lipinski definition) is 1. The van der Waals surface area contributed by atoms with E-state index in [0.29, 0.717) is 11.6 Å². The van der Waals surface area contributed by atoms with Gasteiger partial charge < -0.3 is 9.47 Å². The molecular formula is C19H29ClN2O3. The zero-order valence-corrected chi connectivity index (χ0v) is 16.5. The average Bonchev–Trinajstić information content (AvgIpc) is 2.55. The molecule has 0 aliphatic carbocycles. The molecule has 1 aliphatic rings. The standard InChI is InChI=1S/C19H29ClN2O3/c1-13-10-22(11-14(2)25-13)19(3,4)12-21-17(18(23)24-5)15-8-6-7-9-16(15)20/h6-9,13-14,17,21H,10-12H2,1-5H3. The molecule has 25 heavy (non-hydrogen) atoms. The summed E-state index contributed by atoms with van der Waals surface area (Å²) in [5.74, 6) is -0.340. The lowest BCUT2D eigenvalue weighted by molar-refractivity contribution is -0.143. The minimum absolute atomic E-state index is 0.139. The van der Waals surface area contributed by atoms with Crippen LogP contribution >= 0.6 is 11.6 Å². The number of halogens is 1. The van der Waals surface area contributed by atoms with Gasteiger partial charge in [-0.15, -0.1) is 0 Å². The van der Waals surface area contributed by atoms with Crippen LogP contribution in [0.3, 0.4) is 0 Å². The van der Waals surface area contributed by atoms with Gasteiger partial charge in [0.05, 0.1) is 19.3 Å². The van der Waals surface area contributed by atoms with E-state index in [1.54, 1.807) is 6.07 Å². The number of nitrogens with one attached hydrogen (secondary N) is 1. The zero-order valence-electron chi connectivity index (χ0n) is 15.7. The molecule has 0 saturated carbocycles. The highest BCUT2D eigenvalue weighted by Crippen LogP contribution is 2.26. The van der Waals surface area contributed by atoms with Gasteiger partial charge in [-0.25, -0.2) is 4.79 Å². The number of rotatable bonds is 6. The molecule has 1 N–H and O–H groups in total. The molecule has 5 nitrogen and oxygen atoms in total. The van der Waals surface area contributed by atoms with Crippen molar-refractivity contribution in [1.29, 1.82) is 0 Å². The van der Waals surface area contributed by atoms with Crippen molar-refractivity contribution in [2.24, 2.45) is 0 Å². The third kappa shape index (κ3) is 5.17. The molecule has 0 radical (unpaired) electrons. The highest BCUT2D eigenvalue weighted by atomic mass is 35.5. The van der Waals surface area contributed by atoms with Crippen molar-refractivity contribution >= 4 is 17.6 Å². The third-order valence-corrected chi connectivity index (χ3v) is 5.01. The molecule has 1 saturated heterocycles. The van der Waals surface area contributed by atoms with Gasteiger partial charge in [0.25, 0.3) is 0 Å². The molecular weight excluding hydrogens is 340 g/mol. The molecule has 140 valence electrons. The number of carbonyl (C=O) groups is 1. The molecule has 1 heterocycles. The van der Waals surface area contributed by atoms with Crippen molar-refractivity contribution in [1.82, 2.24) is 10.2 Å². The van der Waals surface area contributed by atoms with Crippen LogP contribution in [0, 0.1) is 0 Å². The van der Waals surface area contributed by atoms with Gasteiger partial charge in [0.2, 0.25) is 0 Å². The molecule has 6 heteroatoms. The van der Waals surface area contributed by atoms with Crippen LogP contribution in [0.2, 0.25) is 5.02 Å². The molecule has 0 aromatic heterocycles. The molecule has 0 bridgehead atoms. The summed E-state index contributed by atoms with van der Waals surface area (Å²) in [6, 6.07) is 6.76. The summed E-state index contributed by atoms with van der Waals surface area (Å²) >= 11 is 6.28. The van der Waals surface area contributed by atoms with Crippen LogP contribution in [-0.2, 0) is 14.3 Å². The molecule has 0 spiro atoms. The monoisotopic (exact) mass is 368 g/mol. The lowest BCUT2D eigenvalue weighted by atomic mass is 9.98. The molecule has 1 aromatic carbocycles. The maximum atomic E-state index is 12.3. The summed E-state index contributed by atoms with van der Waals surface area (Å²) in [5.41, 5.74) is 0.593. The summed E-state index contributed by atoms with van der Waals surface area (Å²) in [5, 5.41) is 3.91. The molecule has 0 amide bonds. The van der Waals surface area contributed by atoms with Gasteiger partial charge in [-0.2, -0.15) is 0 Å². The Bertz CT molecular complexity index is 584. The predicted octanol–water partition coefficient (Wildman–Crippen LogP) is 3.03. The second-order valence-electron chi connectivity index (χ2n) is 7.33. The normalized spacial score (nSPS) is 23.3. The SMILES string of the molecule is COC(=O)C(NCC(C)(C)N1CC(C)OC(C)C1)c1ccccc1Cl. The summed E-state index contributed by atoms with van der Waals surface area (Å²) in [4.78, 5) is 14.7. The van der Waals surface area contributed by atoms with E-state index < -0.39 is 6.04 Å². The zero-order chi connectivity index (χ0) is 18.6. The first-order chi connectivity index (χ1) is 11.7. The Morgan fingerprint density at radius 3 is 2.52 bits per heavy atom. The minimum atomic E-state index is -0.589. The maximum absolute atomic E-state index is 12.3. The van der Waals surface area contributed by atoms with Gasteiger partial charge in [0.1, 0.15) is 6.04 Å². The average molecular weight is 369 g/mol. The lowest BCUT2D eigenvalue weighted by Gasteiger charge is -2.45. The Balaban J connectivity index is 2.11. The lowest BCUT2D eigenvalue weighted by Crippen LogP contribution is -2.58. The molecule has 2 rings (SSSR count). The van der Waals surface area contributed by atoms with E-state index in [1.807, 2.05) is 18.2 Å². The predicted molar refractivity (Wildman–Crippen MR) is 99.9 cm³/mol. The van der Waals surface area contributed by atoms with Crippen LogP contribution in [0.25, 0.3) is 0 Å². The number of carbonyl (C=O) groups excluding carboxylic acids is 1. The second-order valence-corrected chi connectivity index (χ2v) is 7.74. The van der Waals surface area contributed by atoms with Crippen LogP contribution in [0.15, 0.2) is 24.3 Å². The van der Waals surface area contributed by atoms with Gasteiger partial charge in [-0.05, 0) is 39.3 Å². The number of methoxy groups -OCH3 is 1. The van der Waals surface area contributed by atoms with Crippen LogP contribution in [-0.4, -0.2) is 55.4 Å². The number of esters is 1. The highest BCUT2D eigenvalue weighted by molar-refractivity contribution is 6.31. The van der Waals surface area contributed by atoms with Crippen molar-refractivity contribution in [3.8, 4) is 0 Å². The van der Waals surface area contributed by atoms with Crippen molar-refractivity contribution in [2.45, 2.75) is 51.5 Å². The summed E-state index contributed by atoms with van der Waals surface area (Å²) < 4.78 is 10.8. The minimum Gasteiger partial charge on any atom is -0.468 e. The van der Waals surface area contributed by atoms with Crippen LogP contribution in [0.4, 0.5) is 0 Å². The van der Waals surface area contributed by atoms with Crippen molar-refractivity contribution in [3.05, 3.63) is 34.9 Å². The Hall–Kier alpha value is -1.14. The molecule has 3 unspecified atom stereocenters. The number of nitrogens with zero attached hydrogens (tertiary/aromatic N) is 1. The van der Waals surface area contributed by atoms with Crippen LogP contribution < -0.4 is 5.32 Å². The molecule has 1 aliphatic heterocycles. The first-order valence-electron chi connectivity index (χ1n) is 8.70. The fourth-order valence-electron chi connectivity index (χ4n) is 3.28. The Morgan fingerprint density at radius 2 is 1.96 bits per heavy atom. The Labute approximate surface area is 155 Å². The second kappa shape index (κ2) is 8.49. The topological polar surface area (TPSA) is 50.8 Å². The number of ether oxygens (including phenoxy) is 2. The summed E-state index contributed by atoms with van der Waals surface area (Å²) in [7, 11) is 1.39. The number of morpholine rings is 1. The van der Waals surface area contributed by atoms with Crippen LogP contribution in [0.5, 0.6) is 0 Å². The fourth-order valence-corrected chi connectivity index (χ4v) is 3.53. The van der Waals surface area contributed by atoms with Crippen molar-refractivity contribution in [2.75, 3.05) is 26.7 Å². The Morgan fingerprint density at radius 1 is 1.36 bits per heavy atom. The summed E-state index contributed by atoms with van der Waals surface area (Å²) in [6.45, 7) is 10.9. The van der Waals surface area contributed by atoms with Crippen molar-refractivity contribution < 1.29 is 14.3 Å². The maximum Gasteiger partial charge on any atom is 0.327 e.